The van der Waals surface area contributed by atoms with Crippen LogP contribution < -0.4 is 5.14 Å². The monoisotopic (exact) mass is 438 g/mol. The summed E-state index contributed by atoms with van der Waals surface area (Å²) < 4.78 is 30.5. The van der Waals surface area contributed by atoms with Crippen molar-refractivity contribution in [3.8, 4) is 22.6 Å². The highest BCUT2D eigenvalue weighted by Gasteiger charge is 2.24. The maximum atomic E-state index is 12.2. The van der Waals surface area contributed by atoms with Gasteiger partial charge in [0.2, 0.25) is 10.0 Å². The van der Waals surface area contributed by atoms with E-state index in [0.29, 0.717) is 39.9 Å². The van der Waals surface area contributed by atoms with Gasteiger partial charge in [0, 0.05) is 17.5 Å². The van der Waals surface area contributed by atoms with Crippen LogP contribution in [0.5, 0.6) is 0 Å². The fraction of sp³-hybridized carbons (Fsp3) is 0.0870. The average molecular weight is 439 g/mol. The molecule has 0 spiro atoms. The lowest BCUT2D eigenvalue weighted by molar-refractivity contribution is 0.519. The minimum absolute atomic E-state index is 0.0194. The van der Waals surface area contributed by atoms with Crippen molar-refractivity contribution in [1.82, 2.24) is 4.98 Å². The van der Waals surface area contributed by atoms with Crippen molar-refractivity contribution in [1.29, 1.82) is 0 Å². The summed E-state index contributed by atoms with van der Waals surface area (Å²) in [6.07, 6.45) is 0.453. The maximum absolute atomic E-state index is 12.2. The molecule has 5 nitrogen and oxygen atoms in total. The van der Waals surface area contributed by atoms with Gasteiger partial charge >= 0.3 is 0 Å². The predicted octanol–water partition coefficient (Wildman–Crippen LogP) is 5.21. The predicted molar refractivity (Wildman–Crippen MR) is 118 cm³/mol. The van der Waals surface area contributed by atoms with Gasteiger partial charge in [-0.25, -0.2) is 18.5 Å². The summed E-state index contributed by atoms with van der Waals surface area (Å²) in [4.78, 5) is 4.63. The number of oxazole rings is 1. The van der Waals surface area contributed by atoms with Gasteiger partial charge in [0.1, 0.15) is 5.69 Å². The van der Waals surface area contributed by atoms with Crippen LogP contribution in [0, 0.1) is 6.92 Å². The molecule has 7 heteroatoms. The Balaban J connectivity index is 1.93. The smallest absolute Gasteiger partial charge is 0.238 e. The van der Waals surface area contributed by atoms with Gasteiger partial charge in [0.05, 0.1) is 9.92 Å². The van der Waals surface area contributed by atoms with E-state index in [0.717, 1.165) is 11.1 Å². The number of rotatable bonds is 5. The topological polar surface area (TPSA) is 86.2 Å². The molecule has 2 N–H and O–H groups in total. The van der Waals surface area contributed by atoms with Gasteiger partial charge < -0.3 is 4.42 Å². The van der Waals surface area contributed by atoms with Crippen molar-refractivity contribution in [2.75, 3.05) is 0 Å². The number of aromatic nitrogens is 1. The van der Waals surface area contributed by atoms with Gasteiger partial charge in [-0.1, -0.05) is 66.2 Å². The Hall–Kier alpha value is -2.93. The number of hydrogen-bond acceptors (Lipinski definition) is 4. The Bertz CT molecular complexity index is 1320. The Kier molecular flexibility index (Phi) is 5.47. The highest BCUT2D eigenvalue weighted by Crippen LogP contribution is 2.39. The summed E-state index contributed by atoms with van der Waals surface area (Å²) in [5.74, 6) is 0.856. The fourth-order valence-corrected chi connectivity index (χ4v) is 4.35. The first kappa shape index (κ1) is 20.3. The minimum atomic E-state index is -3.96. The molecule has 0 amide bonds. The Morgan fingerprint density at radius 2 is 1.67 bits per heavy atom. The number of primary sulfonamides is 1. The van der Waals surface area contributed by atoms with Gasteiger partial charge in [-0.2, -0.15) is 0 Å². The normalized spacial score (nSPS) is 11.6. The second kappa shape index (κ2) is 8.07. The number of hydrogen-bond donors (Lipinski definition) is 1. The van der Waals surface area contributed by atoms with E-state index < -0.39 is 10.0 Å². The van der Waals surface area contributed by atoms with Crippen LogP contribution in [0.25, 0.3) is 22.6 Å². The first-order valence-corrected chi connectivity index (χ1v) is 11.2. The Morgan fingerprint density at radius 1 is 0.967 bits per heavy atom. The van der Waals surface area contributed by atoms with Crippen LogP contribution in [0.15, 0.2) is 82.1 Å². The molecule has 0 radical (unpaired) electrons. The molecule has 0 fully saturated rings. The molecule has 0 aliphatic rings. The molecule has 0 aliphatic heterocycles. The number of halogens is 1. The maximum Gasteiger partial charge on any atom is 0.238 e. The van der Waals surface area contributed by atoms with Gasteiger partial charge in [0.25, 0.3) is 0 Å². The molecule has 1 heterocycles. The van der Waals surface area contributed by atoms with Crippen LogP contribution in [0.3, 0.4) is 0 Å². The molecule has 30 heavy (non-hydrogen) atoms. The van der Waals surface area contributed by atoms with E-state index in [1.54, 1.807) is 18.2 Å². The fourth-order valence-electron chi connectivity index (χ4n) is 3.29. The number of nitrogens with two attached hydrogens (primary N) is 1. The van der Waals surface area contributed by atoms with Crippen molar-refractivity contribution in [3.05, 3.63) is 94.8 Å². The minimum Gasteiger partial charge on any atom is -0.440 e. The van der Waals surface area contributed by atoms with Crippen molar-refractivity contribution in [2.24, 2.45) is 5.14 Å². The van der Waals surface area contributed by atoms with E-state index >= 15 is 0 Å². The lowest BCUT2D eigenvalue weighted by Gasteiger charge is -2.08. The molecule has 0 saturated carbocycles. The third-order valence-electron chi connectivity index (χ3n) is 4.69. The molecule has 3 aromatic carbocycles. The molecule has 0 bridgehead atoms. The lowest BCUT2D eigenvalue weighted by Crippen LogP contribution is -2.13. The van der Waals surface area contributed by atoms with Crippen LogP contribution in [0.1, 0.15) is 17.0 Å². The van der Waals surface area contributed by atoms with Crippen LogP contribution in [-0.4, -0.2) is 13.4 Å². The largest absolute Gasteiger partial charge is 0.440 e. The van der Waals surface area contributed by atoms with Crippen LogP contribution in [0.2, 0.25) is 5.02 Å². The summed E-state index contributed by atoms with van der Waals surface area (Å²) >= 11 is 6.49. The quantitative estimate of drug-likeness (QED) is 0.463. The molecule has 0 aliphatic carbocycles. The number of benzene rings is 3. The molecule has 4 aromatic rings. The SMILES string of the molecule is Cc1ccc(-c2oc(Cc3ccccc3)nc2-c2ccccc2S(N)(=O)=O)c(Cl)c1. The molecule has 152 valence electrons. The molecule has 0 atom stereocenters. The second-order valence-corrected chi connectivity index (χ2v) is 8.91. The molecule has 1 aromatic heterocycles. The van der Waals surface area contributed by atoms with E-state index in [2.05, 4.69) is 4.98 Å². The average Bonchev–Trinajstić information content (AvgIpc) is 3.11. The number of nitrogens with zero attached hydrogens (tertiary/aromatic N) is 1. The standard InChI is InChI=1S/C23H19ClN2O3S/c1-15-11-12-17(19(24)13-15)23-22(18-9-5-6-10-20(18)30(25,27)28)26-21(29-23)14-16-7-3-2-4-8-16/h2-13H,14H2,1H3,(H2,25,27,28). The lowest BCUT2D eigenvalue weighted by atomic mass is 10.0. The zero-order valence-electron chi connectivity index (χ0n) is 16.2. The van der Waals surface area contributed by atoms with Crippen LogP contribution >= 0.6 is 11.6 Å². The highest BCUT2D eigenvalue weighted by atomic mass is 35.5. The van der Waals surface area contributed by atoms with E-state index in [4.69, 9.17) is 21.2 Å². The first-order valence-electron chi connectivity index (χ1n) is 9.25. The van der Waals surface area contributed by atoms with Crippen molar-refractivity contribution in [3.63, 3.8) is 0 Å². The molecule has 0 unspecified atom stereocenters. The van der Waals surface area contributed by atoms with E-state index in [1.165, 1.54) is 6.07 Å². The number of sulfonamides is 1. The zero-order chi connectivity index (χ0) is 21.3. The molecular weight excluding hydrogens is 420 g/mol. The summed E-state index contributed by atoms with van der Waals surface area (Å²) in [6, 6.07) is 21.8. The summed E-state index contributed by atoms with van der Waals surface area (Å²) in [6.45, 7) is 1.94. The summed E-state index contributed by atoms with van der Waals surface area (Å²) in [5.41, 5.74) is 3.41. The second-order valence-electron chi connectivity index (χ2n) is 6.97. The van der Waals surface area contributed by atoms with Gasteiger partial charge in [-0.3, -0.25) is 0 Å². The first-order chi connectivity index (χ1) is 14.3. The third kappa shape index (κ3) is 4.16. The highest BCUT2D eigenvalue weighted by molar-refractivity contribution is 7.89. The molecular formula is C23H19ClN2O3S. The van der Waals surface area contributed by atoms with Crippen molar-refractivity contribution >= 4 is 21.6 Å². The van der Waals surface area contributed by atoms with Crippen LogP contribution in [0.4, 0.5) is 0 Å². The zero-order valence-corrected chi connectivity index (χ0v) is 17.7. The Morgan fingerprint density at radius 3 is 2.37 bits per heavy atom. The third-order valence-corrected chi connectivity index (χ3v) is 5.97. The summed E-state index contributed by atoms with van der Waals surface area (Å²) in [7, 11) is -3.96. The Labute approximate surface area is 180 Å². The van der Waals surface area contributed by atoms with Gasteiger partial charge in [-0.15, -0.1) is 0 Å². The van der Waals surface area contributed by atoms with Crippen molar-refractivity contribution in [2.45, 2.75) is 18.2 Å². The van der Waals surface area contributed by atoms with E-state index in [1.807, 2.05) is 55.5 Å². The van der Waals surface area contributed by atoms with Gasteiger partial charge in [-0.05, 0) is 36.2 Å². The van der Waals surface area contributed by atoms with E-state index in [9.17, 15) is 8.42 Å². The summed E-state index contributed by atoms with van der Waals surface area (Å²) in [5, 5.41) is 5.94. The molecule has 4 rings (SSSR count). The molecule has 0 saturated heterocycles. The van der Waals surface area contributed by atoms with Crippen molar-refractivity contribution < 1.29 is 12.8 Å². The number of aryl methyl sites for hydroxylation is 1. The van der Waals surface area contributed by atoms with Gasteiger partial charge in [0.15, 0.2) is 11.7 Å². The van der Waals surface area contributed by atoms with E-state index in [-0.39, 0.29) is 4.90 Å². The van der Waals surface area contributed by atoms with Crippen LogP contribution in [-0.2, 0) is 16.4 Å².